The van der Waals surface area contributed by atoms with Gasteiger partial charge in [0.25, 0.3) is 0 Å². The lowest BCUT2D eigenvalue weighted by Gasteiger charge is -2.25. The molecule has 1 N–H and O–H groups in total. The van der Waals surface area contributed by atoms with Crippen molar-refractivity contribution in [3.8, 4) is 0 Å². The first-order chi connectivity index (χ1) is 13.0. The molecule has 0 spiro atoms. The van der Waals surface area contributed by atoms with Gasteiger partial charge in [0.1, 0.15) is 0 Å². The van der Waals surface area contributed by atoms with Gasteiger partial charge >= 0.3 is 5.97 Å². The van der Waals surface area contributed by atoms with Crippen LogP contribution in [-0.4, -0.2) is 20.2 Å². The minimum atomic E-state index is -0.905. The summed E-state index contributed by atoms with van der Waals surface area (Å²) < 4.78 is 5.21. The molecule has 0 saturated heterocycles. The number of carboxylic acid groups (broad SMARTS) is 1. The standard InChI is InChI=1S/C22H22N2O2S/c1-15-13-24(20-11-10-17-4-2-3-5-19(17)12-20)22(27)23(15)14-16-6-8-18(9-7-16)21(25)26/h2-9,13,20H,10-12,14H2,1H3,(H,25,26). The summed E-state index contributed by atoms with van der Waals surface area (Å²) in [6.45, 7) is 2.73. The maximum atomic E-state index is 11.0. The summed E-state index contributed by atoms with van der Waals surface area (Å²) >= 11 is 5.79. The summed E-state index contributed by atoms with van der Waals surface area (Å²) in [5, 5.41) is 9.05. The molecule has 3 aromatic rings. The molecule has 2 aromatic carbocycles. The van der Waals surface area contributed by atoms with Crippen LogP contribution in [0.1, 0.15) is 45.2 Å². The minimum Gasteiger partial charge on any atom is -0.478 e. The number of hydrogen-bond acceptors (Lipinski definition) is 2. The molecule has 1 aliphatic rings. The number of carbonyl (C=O) groups is 1. The first-order valence-electron chi connectivity index (χ1n) is 9.20. The topological polar surface area (TPSA) is 47.2 Å². The molecule has 138 valence electrons. The van der Waals surface area contributed by atoms with Crippen LogP contribution in [-0.2, 0) is 19.4 Å². The van der Waals surface area contributed by atoms with Gasteiger partial charge in [0, 0.05) is 17.9 Å². The maximum Gasteiger partial charge on any atom is 0.335 e. The Labute approximate surface area is 163 Å². The smallest absolute Gasteiger partial charge is 0.335 e. The average molecular weight is 378 g/mol. The van der Waals surface area contributed by atoms with Crippen molar-refractivity contribution < 1.29 is 9.90 Å². The van der Waals surface area contributed by atoms with Gasteiger partial charge in [-0.25, -0.2) is 4.79 Å². The number of benzene rings is 2. The van der Waals surface area contributed by atoms with Gasteiger partial charge in [-0.15, -0.1) is 0 Å². The van der Waals surface area contributed by atoms with Crippen LogP contribution in [0.3, 0.4) is 0 Å². The first-order valence-corrected chi connectivity index (χ1v) is 9.61. The van der Waals surface area contributed by atoms with Gasteiger partial charge in [-0.05, 0) is 67.2 Å². The van der Waals surface area contributed by atoms with Crippen molar-refractivity contribution in [3.05, 3.63) is 87.4 Å². The number of hydrogen-bond donors (Lipinski definition) is 1. The summed E-state index contributed by atoms with van der Waals surface area (Å²) in [6, 6.07) is 16.1. The fourth-order valence-corrected chi connectivity index (χ4v) is 4.33. The van der Waals surface area contributed by atoms with Gasteiger partial charge in [-0.3, -0.25) is 0 Å². The second kappa shape index (κ2) is 7.16. The number of carboxylic acids is 1. The van der Waals surface area contributed by atoms with Crippen molar-refractivity contribution in [1.82, 2.24) is 9.13 Å². The molecule has 1 aromatic heterocycles. The lowest BCUT2D eigenvalue weighted by atomic mass is 9.88. The third-order valence-electron chi connectivity index (χ3n) is 5.46. The Morgan fingerprint density at radius 2 is 1.85 bits per heavy atom. The highest BCUT2D eigenvalue weighted by atomic mass is 32.1. The molecule has 27 heavy (non-hydrogen) atoms. The molecule has 0 aliphatic heterocycles. The SMILES string of the molecule is Cc1cn(C2CCc3ccccc3C2)c(=S)n1Cc1ccc(C(=O)O)cc1. The van der Waals surface area contributed by atoms with E-state index in [2.05, 4.69) is 46.5 Å². The van der Waals surface area contributed by atoms with Crippen LogP contribution in [0.15, 0.2) is 54.7 Å². The van der Waals surface area contributed by atoms with Crippen molar-refractivity contribution in [2.75, 3.05) is 0 Å². The molecule has 0 bridgehead atoms. The van der Waals surface area contributed by atoms with Gasteiger partial charge < -0.3 is 14.2 Å². The van der Waals surface area contributed by atoms with Crippen LogP contribution < -0.4 is 0 Å². The normalized spacial score (nSPS) is 16.1. The molecule has 1 atom stereocenters. The van der Waals surface area contributed by atoms with Gasteiger partial charge in [0.2, 0.25) is 0 Å². The minimum absolute atomic E-state index is 0.303. The fourth-order valence-electron chi connectivity index (χ4n) is 3.92. The quantitative estimate of drug-likeness (QED) is 0.663. The number of imidazole rings is 1. The average Bonchev–Trinajstić information content (AvgIpc) is 2.96. The van der Waals surface area contributed by atoms with E-state index in [1.54, 1.807) is 12.1 Å². The molecule has 0 saturated carbocycles. The van der Waals surface area contributed by atoms with E-state index in [1.807, 2.05) is 12.1 Å². The third-order valence-corrected chi connectivity index (χ3v) is 5.89. The predicted octanol–water partition coefficient (Wildman–Crippen LogP) is 4.80. The Kier molecular flexibility index (Phi) is 4.70. The predicted molar refractivity (Wildman–Crippen MR) is 108 cm³/mol. The van der Waals surface area contributed by atoms with E-state index >= 15 is 0 Å². The second-order valence-corrected chi connectivity index (χ2v) is 7.58. The van der Waals surface area contributed by atoms with E-state index in [9.17, 15) is 4.79 Å². The highest BCUT2D eigenvalue weighted by Gasteiger charge is 2.21. The van der Waals surface area contributed by atoms with Crippen molar-refractivity contribution >= 4 is 18.2 Å². The van der Waals surface area contributed by atoms with E-state index in [4.69, 9.17) is 17.3 Å². The van der Waals surface area contributed by atoms with Crippen molar-refractivity contribution in [2.45, 2.75) is 38.8 Å². The van der Waals surface area contributed by atoms with Crippen molar-refractivity contribution in [3.63, 3.8) is 0 Å². The second-order valence-electron chi connectivity index (χ2n) is 7.21. The number of fused-ring (bicyclic) bond motifs is 1. The molecule has 5 heteroatoms. The van der Waals surface area contributed by atoms with E-state index in [0.29, 0.717) is 18.2 Å². The molecule has 0 amide bonds. The van der Waals surface area contributed by atoms with Gasteiger partial charge in [0.15, 0.2) is 4.77 Å². The summed E-state index contributed by atoms with van der Waals surface area (Å²) in [5.74, 6) is -0.905. The number of aryl methyl sites for hydroxylation is 2. The molecule has 0 radical (unpaired) electrons. The zero-order chi connectivity index (χ0) is 19.0. The molecule has 1 aliphatic carbocycles. The van der Waals surface area contributed by atoms with Crippen LogP contribution >= 0.6 is 12.2 Å². The van der Waals surface area contributed by atoms with Crippen molar-refractivity contribution in [2.24, 2.45) is 0 Å². The van der Waals surface area contributed by atoms with Crippen LogP contribution in [0.2, 0.25) is 0 Å². The Balaban J connectivity index is 1.59. The van der Waals surface area contributed by atoms with Crippen LogP contribution in [0.4, 0.5) is 0 Å². The largest absolute Gasteiger partial charge is 0.478 e. The summed E-state index contributed by atoms with van der Waals surface area (Å²) in [7, 11) is 0. The van der Waals surface area contributed by atoms with Crippen LogP contribution in [0.5, 0.6) is 0 Å². The highest BCUT2D eigenvalue weighted by molar-refractivity contribution is 7.71. The Morgan fingerprint density at radius 3 is 2.56 bits per heavy atom. The van der Waals surface area contributed by atoms with Crippen LogP contribution in [0.25, 0.3) is 0 Å². The molecule has 1 heterocycles. The van der Waals surface area contributed by atoms with Gasteiger partial charge in [-0.1, -0.05) is 36.4 Å². The molecule has 0 fully saturated rings. The fraction of sp³-hybridized carbons (Fsp3) is 0.273. The summed E-state index contributed by atoms with van der Waals surface area (Å²) in [6.07, 6.45) is 5.36. The summed E-state index contributed by atoms with van der Waals surface area (Å²) in [4.78, 5) is 11.0. The number of rotatable bonds is 4. The van der Waals surface area contributed by atoms with Crippen molar-refractivity contribution in [1.29, 1.82) is 0 Å². The number of aromatic nitrogens is 2. The number of nitrogens with zero attached hydrogens (tertiary/aromatic N) is 2. The Bertz CT molecular complexity index is 1050. The van der Waals surface area contributed by atoms with E-state index in [0.717, 1.165) is 35.3 Å². The van der Waals surface area contributed by atoms with Gasteiger partial charge in [0.05, 0.1) is 12.1 Å². The molecular weight excluding hydrogens is 356 g/mol. The van der Waals surface area contributed by atoms with E-state index in [1.165, 1.54) is 11.1 Å². The van der Waals surface area contributed by atoms with Crippen LogP contribution in [0, 0.1) is 11.7 Å². The van der Waals surface area contributed by atoms with E-state index in [-0.39, 0.29) is 0 Å². The summed E-state index contributed by atoms with van der Waals surface area (Å²) in [5.41, 5.74) is 5.35. The Hall–Kier alpha value is -2.66. The van der Waals surface area contributed by atoms with Gasteiger partial charge in [-0.2, -0.15) is 0 Å². The zero-order valence-corrected chi connectivity index (χ0v) is 16.1. The first kappa shape index (κ1) is 17.7. The number of aromatic carboxylic acids is 1. The molecule has 4 nitrogen and oxygen atoms in total. The van der Waals surface area contributed by atoms with E-state index < -0.39 is 5.97 Å². The molecule has 1 unspecified atom stereocenters. The maximum absolute atomic E-state index is 11.0. The Morgan fingerprint density at radius 1 is 1.15 bits per heavy atom. The lowest BCUT2D eigenvalue weighted by molar-refractivity contribution is 0.0697. The zero-order valence-electron chi connectivity index (χ0n) is 15.3. The molecule has 4 rings (SSSR count). The third kappa shape index (κ3) is 3.47. The highest BCUT2D eigenvalue weighted by Crippen LogP contribution is 2.30. The molecular formula is C22H22N2O2S. The monoisotopic (exact) mass is 378 g/mol. The lowest BCUT2D eigenvalue weighted by Crippen LogP contribution is -2.18.